The average Bonchev–Trinajstić information content (AvgIpc) is 3.03. The molecule has 1 fully saturated rings. The van der Waals surface area contributed by atoms with Crippen molar-refractivity contribution in [1.29, 1.82) is 0 Å². The topological polar surface area (TPSA) is 54.9 Å². The third-order valence-electron chi connectivity index (χ3n) is 3.62. The van der Waals surface area contributed by atoms with E-state index in [0.717, 1.165) is 17.5 Å². The summed E-state index contributed by atoms with van der Waals surface area (Å²) in [5.74, 6) is 2.48. The molecular weight excluding hydrogens is 393 g/mol. The zero-order valence-corrected chi connectivity index (χ0v) is 15.6. The van der Waals surface area contributed by atoms with E-state index in [0.29, 0.717) is 19.2 Å². The zero-order valence-electron chi connectivity index (χ0n) is 13.3. The predicted octanol–water partition coefficient (Wildman–Crippen LogP) is 2.80. The van der Waals surface area contributed by atoms with Crippen LogP contribution < -0.4 is 20.1 Å². The Morgan fingerprint density at radius 3 is 2.68 bits per heavy atom. The molecule has 0 atom stereocenters. The Bertz CT molecular complexity index is 462. The molecule has 0 spiro atoms. The van der Waals surface area contributed by atoms with E-state index in [1.54, 1.807) is 14.2 Å². The molecule has 0 amide bonds. The van der Waals surface area contributed by atoms with Gasteiger partial charge in [0.25, 0.3) is 0 Å². The molecular formula is C16H26IN3O2. The summed E-state index contributed by atoms with van der Waals surface area (Å²) in [6.45, 7) is 1.29. The minimum atomic E-state index is 0. The molecule has 1 aliphatic rings. The molecule has 0 saturated heterocycles. The van der Waals surface area contributed by atoms with Gasteiger partial charge >= 0.3 is 0 Å². The third kappa shape index (κ3) is 6.29. The summed E-state index contributed by atoms with van der Waals surface area (Å²) in [6.07, 6.45) is 5.10. The molecule has 2 rings (SSSR count). The molecule has 0 aromatic heterocycles. The van der Waals surface area contributed by atoms with Gasteiger partial charge in [0.15, 0.2) is 5.96 Å². The van der Waals surface area contributed by atoms with Crippen molar-refractivity contribution < 1.29 is 9.47 Å². The first-order valence-electron chi connectivity index (χ1n) is 7.56. The Balaban J connectivity index is 0.00000242. The van der Waals surface area contributed by atoms with Crippen molar-refractivity contribution in [1.82, 2.24) is 10.6 Å². The van der Waals surface area contributed by atoms with Gasteiger partial charge in [-0.1, -0.05) is 18.9 Å². The number of aliphatic imine (C=N–C) groups is 1. The molecule has 0 aliphatic heterocycles. The van der Waals surface area contributed by atoms with E-state index in [-0.39, 0.29) is 24.0 Å². The zero-order chi connectivity index (χ0) is 14.9. The molecule has 1 aromatic carbocycles. The second-order valence-electron chi connectivity index (χ2n) is 5.15. The average molecular weight is 419 g/mol. The molecule has 0 bridgehead atoms. The number of nitrogens with zero attached hydrogens (tertiary/aromatic N) is 1. The summed E-state index contributed by atoms with van der Waals surface area (Å²) < 4.78 is 10.9. The molecule has 1 aliphatic carbocycles. The lowest BCUT2D eigenvalue weighted by atomic mass is 10.2. The van der Waals surface area contributed by atoms with E-state index < -0.39 is 0 Å². The number of rotatable bonds is 6. The lowest BCUT2D eigenvalue weighted by Gasteiger charge is -2.17. The molecule has 1 aromatic rings. The van der Waals surface area contributed by atoms with Crippen molar-refractivity contribution in [3.05, 3.63) is 24.3 Å². The number of hydrogen-bond donors (Lipinski definition) is 2. The number of ether oxygens (including phenoxy) is 2. The molecule has 22 heavy (non-hydrogen) atoms. The lowest BCUT2D eigenvalue weighted by Crippen LogP contribution is -2.43. The highest BCUT2D eigenvalue weighted by molar-refractivity contribution is 14.0. The van der Waals surface area contributed by atoms with Gasteiger partial charge in [0.2, 0.25) is 0 Å². The van der Waals surface area contributed by atoms with Crippen LogP contribution in [0.5, 0.6) is 11.5 Å². The molecule has 2 N–H and O–H groups in total. The Morgan fingerprint density at radius 2 is 2.00 bits per heavy atom. The number of halogens is 1. The first kappa shape index (κ1) is 18.9. The molecule has 5 nitrogen and oxygen atoms in total. The van der Waals surface area contributed by atoms with Gasteiger partial charge < -0.3 is 20.1 Å². The van der Waals surface area contributed by atoms with Crippen LogP contribution in [0.3, 0.4) is 0 Å². The highest BCUT2D eigenvalue weighted by atomic mass is 127. The van der Waals surface area contributed by atoms with Crippen LogP contribution in [0.2, 0.25) is 0 Å². The van der Waals surface area contributed by atoms with Gasteiger partial charge in [0.05, 0.1) is 13.7 Å². The van der Waals surface area contributed by atoms with Gasteiger partial charge in [-0.3, -0.25) is 4.99 Å². The minimum Gasteiger partial charge on any atom is -0.497 e. The van der Waals surface area contributed by atoms with Crippen LogP contribution >= 0.6 is 24.0 Å². The Labute approximate surface area is 149 Å². The van der Waals surface area contributed by atoms with Crippen LogP contribution in [0.25, 0.3) is 0 Å². The Kier molecular flexibility index (Phi) is 9.03. The van der Waals surface area contributed by atoms with Gasteiger partial charge in [-0.05, 0) is 25.0 Å². The maximum absolute atomic E-state index is 5.69. The monoisotopic (exact) mass is 419 g/mol. The number of benzene rings is 1. The summed E-state index contributed by atoms with van der Waals surface area (Å²) in [5.41, 5.74) is 0. The van der Waals surface area contributed by atoms with E-state index in [1.165, 1.54) is 25.7 Å². The fourth-order valence-electron chi connectivity index (χ4n) is 2.49. The van der Waals surface area contributed by atoms with Crippen LogP contribution in [0.1, 0.15) is 25.7 Å². The third-order valence-corrected chi connectivity index (χ3v) is 3.62. The second kappa shape index (κ2) is 10.5. The van der Waals surface area contributed by atoms with Gasteiger partial charge in [-0.15, -0.1) is 24.0 Å². The van der Waals surface area contributed by atoms with Gasteiger partial charge in [-0.2, -0.15) is 0 Å². The number of guanidine groups is 1. The fraction of sp³-hybridized carbons (Fsp3) is 0.562. The van der Waals surface area contributed by atoms with E-state index >= 15 is 0 Å². The first-order valence-corrected chi connectivity index (χ1v) is 7.56. The number of methoxy groups -OCH3 is 1. The van der Waals surface area contributed by atoms with Crippen molar-refractivity contribution in [2.24, 2.45) is 4.99 Å². The molecule has 0 unspecified atom stereocenters. The number of hydrogen-bond acceptors (Lipinski definition) is 3. The summed E-state index contributed by atoms with van der Waals surface area (Å²) in [7, 11) is 3.45. The van der Waals surface area contributed by atoms with Gasteiger partial charge in [0.1, 0.15) is 18.1 Å². The van der Waals surface area contributed by atoms with Crippen LogP contribution in [0, 0.1) is 0 Å². The standard InChI is InChI=1S/C16H25N3O2.HI/c1-17-16(19-13-6-3-4-7-13)18-10-11-21-15-9-5-8-14(12-15)20-2;/h5,8-9,12-13H,3-4,6-7,10-11H2,1-2H3,(H2,17,18,19);1H. The smallest absolute Gasteiger partial charge is 0.191 e. The summed E-state index contributed by atoms with van der Waals surface area (Å²) in [6, 6.07) is 8.19. The SMILES string of the molecule is CN=C(NCCOc1cccc(OC)c1)NC1CCCC1.I. The van der Waals surface area contributed by atoms with Crippen LogP contribution in [-0.2, 0) is 0 Å². The maximum Gasteiger partial charge on any atom is 0.191 e. The van der Waals surface area contributed by atoms with Crippen LogP contribution in [0.4, 0.5) is 0 Å². The van der Waals surface area contributed by atoms with Gasteiger partial charge in [-0.25, -0.2) is 0 Å². The van der Waals surface area contributed by atoms with Crippen molar-refractivity contribution in [2.45, 2.75) is 31.7 Å². The Hall–Kier alpha value is -1.18. The quantitative estimate of drug-likeness (QED) is 0.322. The largest absolute Gasteiger partial charge is 0.497 e. The van der Waals surface area contributed by atoms with Crippen molar-refractivity contribution in [3.8, 4) is 11.5 Å². The molecule has 124 valence electrons. The Morgan fingerprint density at radius 1 is 1.27 bits per heavy atom. The molecule has 6 heteroatoms. The van der Waals surface area contributed by atoms with Crippen molar-refractivity contribution in [2.75, 3.05) is 27.3 Å². The number of nitrogens with one attached hydrogen (secondary N) is 2. The molecule has 1 saturated carbocycles. The molecule has 0 radical (unpaired) electrons. The lowest BCUT2D eigenvalue weighted by molar-refractivity contribution is 0.318. The van der Waals surface area contributed by atoms with E-state index in [9.17, 15) is 0 Å². The van der Waals surface area contributed by atoms with E-state index in [2.05, 4.69) is 15.6 Å². The van der Waals surface area contributed by atoms with Crippen molar-refractivity contribution in [3.63, 3.8) is 0 Å². The fourth-order valence-corrected chi connectivity index (χ4v) is 2.49. The van der Waals surface area contributed by atoms with Crippen LogP contribution in [0.15, 0.2) is 29.3 Å². The predicted molar refractivity (Wildman–Crippen MR) is 101 cm³/mol. The summed E-state index contributed by atoms with van der Waals surface area (Å²) in [4.78, 5) is 4.24. The second-order valence-corrected chi connectivity index (χ2v) is 5.15. The van der Waals surface area contributed by atoms with Crippen LogP contribution in [-0.4, -0.2) is 39.3 Å². The van der Waals surface area contributed by atoms with Crippen molar-refractivity contribution >= 4 is 29.9 Å². The highest BCUT2D eigenvalue weighted by Crippen LogP contribution is 2.18. The molecule has 0 heterocycles. The normalized spacial score (nSPS) is 15.1. The summed E-state index contributed by atoms with van der Waals surface area (Å²) in [5, 5.41) is 6.72. The highest BCUT2D eigenvalue weighted by Gasteiger charge is 2.15. The first-order chi connectivity index (χ1) is 10.3. The maximum atomic E-state index is 5.69. The van der Waals surface area contributed by atoms with E-state index in [1.807, 2.05) is 24.3 Å². The van der Waals surface area contributed by atoms with Gasteiger partial charge in [0, 0.05) is 19.2 Å². The van der Waals surface area contributed by atoms with E-state index in [4.69, 9.17) is 9.47 Å². The summed E-state index contributed by atoms with van der Waals surface area (Å²) >= 11 is 0. The minimum absolute atomic E-state index is 0.